The predicted octanol–water partition coefficient (Wildman–Crippen LogP) is 2.04. The summed E-state index contributed by atoms with van der Waals surface area (Å²) in [6.07, 6.45) is 0.559. The molecule has 0 heterocycles. The van der Waals surface area contributed by atoms with Gasteiger partial charge in [-0.15, -0.1) is 0 Å². The van der Waals surface area contributed by atoms with Crippen molar-refractivity contribution in [1.29, 1.82) is 0 Å². The van der Waals surface area contributed by atoms with E-state index in [2.05, 4.69) is 0 Å². The molecule has 0 saturated heterocycles. The Morgan fingerprint density at radius 1 is 1.55 bits per heavy atom. The maximum atomic E-state index is 13.8. The molecule has 20 heavy (non-hydrogen) atoms. The van der Waals surface area contributed by atoms with Crippen molar-refractivity contribution in [2.75, 3.05) is 25.1 Å². The summed E-state index contributed by atoms with van der Waals surface area (Å²) in [5.74, 6) is -2.12. The summed E-state index contributed by atoms with van der Waals surface area (Å²) in [7, 11) is 1.30. The van der Waals surface area contributed by atoms with Gasteiger partial charge in [0.25, 0.3) is 0 Å². The third-order valence-electron chi connectivity index (χ3n) is 2.60. The Morgan fingerprint density at radius 2 is 2.20 bits per heavy atom. The summed E-state index contributed by atoms with van der Waals surface area (Å²) in [5, 5.41) is 19.8. The SMILES string of the molecule is CCCN(CC(=O)O)c1cc(OC)cc(F)c1[N+](=O)[O-]. The van der Waals surface area contributed by atoms with Crippen LogP contribution in [0.4, 0.5) is 15.8 Å². The van der Waals surface area contributed by atoms with Crippen LogP contribution >= 0.6 is 0 Å². The summed E-state index contributed by atoms with van der Waals surface area (Å²) in [6.45, 7) is 1.58. The summed E-state index contributed by atoms with van der Waals surface area (Å²) in [6, 6.07) is 2.16. The van der Waals surface area contributed by atoms with E-state index in [1.807, 2.05) is 0 Å². The van der Waals surface area contributed by atoms with Gasteiger partial charge in [0.15, 0.2) is 0 Å². The average molecular weight is 286 g/mol. The minimum atomic E-state index is -1.16. The Kier molecular flexibility index (Phi) is 5.24. The molecular formula is C12H15FN2O5. The summed E-state index contributed by atoms with van der Waals surface area (Å²) >= 11 is 0. The number of benzene rings is 1. The molecule has 0 aliphatic carbocycles. The van der Waals surface area contributed by atoms with Crippen molar-refractivity contribution in [3.8, 4) is 5.75 Å². The van der Waals surface area contributed by atoms with E-state index >= 15 is 0 Å². The van der Waals surface area contributed by atoms with Crippen molar-refractivity contribution in [3.63, 3.8) is 0 Å². The maximum Gasteiger partial charge on any atom is 0.328 e. The van der Waals surface area contributed by atoms with E-state index in [9.17, 15) is 19.3 Å². The van der Waals surface area contributed by atoms with E-state index in [1.165, 1.54) is 18.1 Å². The van der Waals surface area contributed by atoms with Crippen LogP contribution in [0.1, 0.15) is 13.3 Å². The van der Waals surface area contributed by atoms with E-state index in [4.69, 9.17) is 9.84 Å². The van der Waals surface area contributed by atoms with E-state index in [0.29, 0.717) is 6.42 Å². The quantitative estimate of drug-likeness (QED) is 0.609. The molecule has 0 spiro atoms. The molecule has 0 saturated carbocycles. The Labute approximate surface area is 114 Å². The average Bonchev–Trinajstić information content (AvgIpc) is 2.36. The predicted molar refractivity (Wildman–Crippen MR) is 69.7 cm³/mol. The molecule has 0 radical (unpaired) electrons. The molecule has 1 aromatic rings. The molecule has 0 aliphatic rings. The molecule has 1 aromatic carbocycles. The van der Waals surface area contributed by atoms with Gasteiger partial charge in [-0.3, -0.25) is 14.9 Å². The molecule has 7 nitrogen and oxygen atoms in total. The molecule has 0 fully saturated rings. The second-order valence-corrected chi connectivity index (χ2v) is 4.05. The lowest BCUT2D eigenvalue weighted by atomic mass is 10.2. The second-order valence-electron chi connectivity index (χ2n) is 4.05. The van der Waals surface area contributed by atoms with E-state index in [0.717, 1.165) is 6.07 Å². The van der Waals surface area contributed by atoms with Crippen LogP contribution in [0.25, 0.3) is 0 Å². The zero-order chi connectivity index (χ0) is 15.3. The van der Waals surface area contributed by atoms with Crippen LogP contribution in [0, 0.1) is 15.9 Å². The lowest BCUT2D eigenvalue weighted by Gasteiger charge is -2.22. The van der Waals surface area contributed by atoms with Gasteiger partial charge >= 0.3 is 11.7 Å². The number of aliphatic carboxylic acids is 1. The third-order valence-corrected chi connectivity index (χ3v) is 2.60. The van der Waals surface area contributed by atoms with Gasteiger partial charge in [-0.2, -0.15) is 4.39 Å². The smallest absolute Gasteiger partial charge is 0.328 e. The molecule has 0 unspecified atom stereocenters. The molecule has 0 aliphatic heterocycles. The first-order valence-corrected chi connectivity index (χ1v) is 5.89. The minimum absolute atomic E-state index is 0.0922. The maximum absolute atomic E-state index is 13.8. The number of rotatable bonds is 7. The monoisotopic (exact) mass is 286 g/mol. The van der Waals surface area contributed by atoms with Crippen LogP contribution in [-0.4, -0.2) is 36.2 Å². The van der Waals surface area contributed by atoms with Crippen molar-refractivity contribution in [2.45, 2.75) is 13.3 Å². The number of hydrogen-bond acceptors (Lipinski definition) is 5. The van der Waals surface area contributed by atoms with Gasteiger partial charge in [0.2, 0.25) is 5.82 Å². The van der Waals surface area contributed by atoms with Crippen LogP contribution in [0.15, 0.2) is 12.1 Å². The van der Waals surface area contributed by atoms with Crippen LogP contribution in [-0.2, 0) is 4.79 Å². The highest BCUT2D eigenvalue weighted by molar-refractivity contribution is 5.77. The number of nitro benzene ring substituents is 1. The van der Waals surface area contributed by atoms with Crippen LogP contribution in [0.2, 0.25) is 0 Å². The van der Waals surface area contributed by atoms with Gasteiger partial charge in [-0.05, 0) is 6.42 Å². The van der Waals surface area contributed by atoms with Crippen LogP contribution < -0.4 is 9.64 Å². The highest BCUT2D eigenvalue weighted by Gasteiger charge is 2.26. The fraction of sp³-hybridized carbons (Fsp3) is 0.417. The van der Waals surface area contributed by atoms with Crippen molar-refractivity contribution in [1.82, 2.24) is 0 Å². The Hall–Kier alpha value is -2.38. The number of carboxylic acids is 1. The largest absolute Gasteiger partial charge is 0.497 e. The lowest BCUT2D eigenvalue weighted by Crippen LogP contribution is -2.31. The van der Waals surface area contributed by atoms with E-state index in [-0.39, 0.29) is 18.0 Å². The van der Waals surface area contributed by atoms with Gasteiger partial charge in [-0.25, -0.2) is 0 Å². The number of methoxy groups -OCH3 is 1. The number of ether oxygens (including phenoxy) is 1. The first kappa shape index (κ1) is 15.7. The Bertz CT molecular complexity index is 521. The molecule has 0 amide bonds. The number of hydrogen-bond donors (Lipinski definition) is 1. The molecule has 0 bridgehead atoms. The van der Waals surface area contributed by atoms with Gasteiger partial charge in [-0.1, -0.05) is 6.92 Å². The van der Waals surface area contributed by atoms with Gasteiger partial charge in [0.1, 0.15) is 18.0 Å². The number of carboxylic acid groups (broad SMARTS) is 1. The second kappa shape index (κ2) is 6.69. The lowest BCUT2D eigenvalue weighted by molar-refractivity contribution is -0.386. The number of nitro groups is 1. The molecule has 110 valence electrons. The van der Waals surface area contributed by atoms with Gasteiger partial charge in [0.05, 0.1) is 12.0 Å². The molecular weight excluding hydrogens is 271 g/mol. The first-order valence-electron chi connectivity index (χ1n) is 5.89. The minimum Gasteiger partial charge on any atom is -0.497 e. The van der Waals surface area contributed by atoms with Gasteiger partial charge in [0, 0.05) is 18.7 Å². The fourth-order valence-electron chi connectivity index (χ4n) is 1.82. The summed E-state index contributed by atoms with van der Waals surface area (Å²) in [5.41, 5.74) is -0.850. The van der Waals surface area contributed by atoms with Crippen molar-refractivity contribution >= 4 is 17.3 Å². The van der Waals surface area contributed by atoms with Crippen molar-refractivity contribution in [2.24, 2.45) is 0 Å². The molecule has 1 N–H and O–H groups in total. The topological polar surface area (TPSA) is 92.9 Å². The fourth-order valence-corrected chi connectivity index (χ4v) is 1.82. The number of carbonyl (C=O) groups is 1. The summed E-state index contributed by atoms with van der Waals surface area (Å²) in [4.78, 5) is 22.2. The van der Waals surface area contributed by atoms with Crippen LogP contribution in [0.3, 0.4) is 0 Å². The number of halogens is 1. The highest BCUT2D eigenvalue weighted by atomic mass is 19.1. The normalized spacial score (nSPS) is 10.2. The number of anilines is 1. The molecule has 0 aromatic heterocycles. The first-order chi connectivity index (χ1) is 9.40. The summed E-state index contributed by atoms with van der Waals surface area (Å²) < 4.78 is 18.7. The van der Waals surface area contributed by atoms with Gasteiger partial charge < -0.3 is 14.7 Å². The third kappa shape index (κ3) is 3.56. The van der Waals surface area contributed by atoms with E-state index in [1.54, 1.807) is 6.92 Å². The molecule has 8 heteroatoms. The van der Waals surface area contributed by atoms with Crippen molar-refractivity contribution < 1.29 is 24.0 Å². The van der Waals surface area contributed by atoms with Crippen LogP contribution in [0.5, 0.6) is 5.75 Å². The zero-order valence-corrected chi connectivity index (χ0v) is 11.1. The van der Waals surface area contributed by atoms with E-state index < -0.39 is 28.9 Å². The highest BCUT2D eigenvalue weighted by Crippen LogP contribution is 2.35. The molecule has 1 rings (SSSR count). The number of nitrogens with zero attached hydrogens (tertiary/aromatic N) is 2. The Morgan fingerprint density at radius 3 is 2.65 bits per heavy atom. The molecule has 0 atom stereocenters. The Balaban J connectivity index is 3.39. The van der Waals surface area contributed by atoms with Crippen molar-refractivity contribution in [3.05, 3.63) is 28.1 Å². The standard InChI is InChI=1S/C12H15FN2O5/c1-3-4-14(7-11(16)17)10-6-8(20-2)5-9(13)12(10)15(18)19/h5-6H,3-4,7H2,1-2H3,(H,16,17). The zero-order valence-electron chi connectivity index (χ0n) is 11.1.